The summed E-state index contributed by atoms with van der Waals surface area (Å²) < 4.78 is 0. The predicted octanol–water partition coefficient (Wildman–Crippen LogP) is 2.24. The lowest BCUT2D eigenvalue weighted by molar-refractivity contribution is -0.137. The molecule has 17 heavy (non-hydrogen) atoms. The highest BCUT2D eigenvalue weighted by Crippen LogP contribution is 2.26. The van der Waals surface area contributed by atoms with Crippen LogP contribution in [0.5, 0.6) is 5.75 Å². The van der Waals surface area contributed by atoms with Crippen molar-refractivity contribution in [1.29, 1.82) is 0 Å². The van der Waals surface area contributed by atoms with E-state index in [2.05, 4.69) is 5.32 Å². The lowest BCUT2D eigenvalue weighted by atomic mass is 10.2. The number of anilines is 1. The SMILES string of the molecule is O=C(O)CCCC(=O)Nc1ccc(O)c(Cl)c1. The minimum atomic E-state index is -0.925. The van der Waals surface area contributed by atoms with Crippen molar-refractivity contribution in [3.05, 3.63) is 23.2 Å². The maximum Gasteiger partial charge on any atom is 0.303 e. The molecular formula is C11H12ClNO4. The number of phenolic OH excluding ortho intramolecular Hbond substituents is 1. The number of carbonyl (C=O) groups is 2. The number of carboxylic acids is 1. The molecule has 1 aromatic carbocycles. The van der Waals surface area contributed by atoms with Crippen molar-refractivity contribution in [2.75, 3.05) is 5.32 Å². The van der Waals surface area contributed by atoms with E-state index in [0.29, 0.717) is 5.69 Å². The third-order valence-electron chi connectivity index (χ3n) is 2.03. The molecule has 0 aliphatic heterocycles. The van der Waals surface area contributed by atoms with E-state index in [4.69, 9.17) is 16.7 Å². The van der Waals surface area contributed by atoms with E-state index < -0.39 is 5.97 Å². The largest absolute Gasteiger partial charge is 0.506 e. The first-order valence-electron chi connectivity index (χ1n) is 4.99. The number of hydrogen-bond acceptors (Lipinski definition) is 3. The number of rotatable bonds is 5. The lowest BCUT2D eigenvalue weighted by Crippen LogP contribution is -2.11. The van der Waals surface area contributed by atoms with Crippen molar-refractivity contribution in [1.82, 2.24) is 0 Å². The van der Waals surface area contributed by atoms with Crippen LogP contribution in [0, 0.1) is 0 Å². The van der Waals surface area contributed by atoms with Crippen molar-refractivity contribution in [2.24, 2.45) is 0 Å². The van der Waals surface area contributed by atoms with E-state index in [9.17, 15) is 14.7 Å². The number of hydrogen-bond donors (Lipinski definition) is 3. The van der Waals surface area contributed by atoms with Gasteiger partial charge >= 0.3 is 5.97 Å². The van der Waals surface area contributed by atoms with Crippen LogP contribution >= 0.6 is 11.6 Å². The molecular weight excluding hydrogens is 246 g/mol. The average molecular weight is 258 g/mol. The van der Waals surface area contributed by atoms with Gasteiger partial charge in [0.15, 0.2) is 0 Å². The predicted molar refractivity (Wildman–Crippen MR) is 63.2 cm³/mol. The van der Waals surface area contributed by atoms with Crippen molar-refractivity contribution < 1.29 is 19.8 Å². The zero-order valence-electron chi connectivity index (χ0n) is 8.94. The second kappa shape index (κ2) is 6.10. The van der Waals surface area contributed by atoms with Crippen LogP contribution in [0.4, 0.5) is 5.69 Å². The van der Waals surface area contributed by atoms with Gasteiger partial charge in [0.1, 0.15) is 5.75 Å². The molecule has 0 spiro atoms. The summed E-state index contributed by atoms with van der Waals surface area (Å²) in [6, 6.07) is 4.30. The molecule has 1 rings (SSSR count). The molecule has 0 heterocycles. The fourth-order valence-corrected chi connectivity index (χ4v) is 1.39. The monoisotopic (exact) mass is 257 g/mol. The first-order valence-corrected chi connectivity index (χ1v) is 5.37. The van der Waals surface area contributed by atoms with Crippen molar-refractivity contribution in [2.45, 2.75) is 19.3 Å². The third kappa shape index (κ3) is 4.74. The van der Waals surface area contributed by atoms with Gasteiger partial charge in [0.05, 0.1) is 5.02 Å². The molecule has 0 aliphatic rings. The fraction of sp³-hybridized carbons (Fsp3) is 0.273. The van der Waals surface area contributed by atoms with Gasteiger partial charge < -0.3 is 15.5 Å². The second-order valence-electron chi connectivity index (χ2n) is 3.46. The number of benzene rings is 1. The van der Waals surface area contributed by atoms with Gasteiger partial charge in [-0.15, -0.1) is 0 Å². The molecule has 0 fully saturated rings. The van der Waals surface area contributed by atoms with Gasteiger partial charge in [-0.1, -0.05) is 11.6 Å². The Morgan fingerprint density at radius 1 is 1.29 bits per heavy atom. The number of aromatic hydroxyl groups is 1. The standard InChI is InChI=1S/C11H12ClNO4/c12-8-6-7(4-5-9(8)14)13-10(15)2-1-3-11(16)17/h4-6,14H,1-3H2,(H,13,15)(H,16,17). The molecule has 0 radical (unpaired) electrons. The van der Waals surface area contributed by atoms with Gasteiger partial charge in [-0.25, -0.2) is 0 Å². The normalized spacial score (nSPS) is 9.94. The van der Waals surface area contributed by atoms with Gasteiger partial charge in [0.2, 0.25) is 5.91 Å². The molecule has 5 nitrogen and oxygen atoms in total. The van der Waals surface area contributed by atoms with E-state index in [-0.39, 0.29) is 35.9 Å². The molecule has 1 aromatic rings. The molecule has 3 N–H and O–H groups in total. The summed E-state index contributed by atoms with van der Waals surface area (Å²) in [6.45, 7) is 0. The molecule has 0 unspecified atom stereocenters. The Balaban J connectivity index is 2.45. The summed E-state index contributed by atoms with van der Waals surface area (Å²) in [7, 11) is 0. The Morgan fingerprint density at radius 3 is 2.59 bits per heavy atom. The molecule has 0 aliphatic carbocycles. The number of nitrogens with one attached hydrogen (secondary N) is 1. The van der Waals surface area contributed by atoms with E-state index in [1.54, 1.807) is 0 Å². The van der Waals surface area contributed by atoms with Gasteiger partial charge in [-0.2, -0.15) is 0 Å². The highest BCUT2D eigenvalue weighted by molar-refractivity contribution is 6.32. The maximum absolute atomic E-state index is 11.4. The van der Waals surface area contributed by atoms with Crippen LogP contribution in [0.15, 0.2) is 18.2 Å². The van der Waals surface area contributed by atoms with E-state index in [1.165, 1.54) is 18.2 Å². The highest BCUT2D eigenvalue weighted by Gasteiger charge is 2.06. The van der Waals surface area contributed by atoms with Gasteiger partial charge in [0.25, 0.3) is 0 Å². The van der Waals surface area contributed by atoms with Gasteiger partial charge in [-0.05, 0) is 24.6 Å². The topological polar surface area (TPSA) is 86.6 Å². The van der Waals surface area contributed by atoms with Crippen LogP contribution in [0.25, 0.3) is 0 Å². The zero-order valence-corrected chi connectivity index (χ0v) is 9.70. The smallest absolute Gasteiger partial charge is 0.303 e. The van der Waals surface area contributed by atoms with Crippen molar-refractivity contribution >= 4 is 29.2 Å². The van der Waals surface area contributed by atoms with Crippen LogP contribution < -0.4 is 5.32 Å². The molecule has 0 saturated carbocycles. The minimum absolute atomic E-state index is 0.0379. The molecule has 92 valence electrons. The number of carbonyl (C=O) groups excluding carboxylic acids is 1. The van der Waals surface area contributed by atoms with Crippen LogP contribution in [-0.2, 0) is 9.59 Å². The molecule has 0 aromatic heterocycles. The number of halogens is 1. The minimum Gasteiger partial charge on any atom is -0.506 e. The Hall–Kier alpha value is -1.75. The number of aliphatic carboxylic acids is 1. The summed E-state index contributed by atoms with van der Waals surface area (Å²) in [4.78, 5) is 21.6. The van der Waals surface area contributed by atoms with Crippen LogP contribution in [0.2, 0.25) is 5.02 Å². The fourth-order valence-electron chi connectivity index (χ4n) is 1.21. The zero-order chi connectivity index (χ0) is 12.8. The van der Waals surface area contributed by atoms with Crippen LogP contribution in [-0.4, -0.2) is 22.1 Å². The summed E-state index contributed by atoms with van der Waals surface area (Å²) in [5.41, 5.74) is 0.466. The van der Waals surface area contributed by atoms with Crippen molar-refractivity contribution in [3.63, 3.8) is 0 Å². The van der Waals surface area contributed by atoms with Crippen LogP contribution in [0.1, 0.15) is 19.3 Å². The molecule has 0 bridgehead atoms. The van der Waals surface area contributed by atoms with E-state index in [0.717, 1.165) is 0 Å². The first-order chi connectivity index (χ1) is 7.99. The Labute approximate surface area is 103 Å². The second-order valence-corrected chi connectivity index (χ2v) is 3.87. The van der Waals surface area contributed by atoms with Crippen LogP contribution in [0.3, 0.4) is 0 Å². The number of phenols is 1. The first kappa shape index (κ1) is 13.3. The number of carboxylic acid groups (broad SMARTS) is 1. The molecule has 0 atom stereocenters. The van der Waals surface area contributed by atoms with E-state index >= 15 is 0 Å². The number of amides is 1. The average Bonchev–Trinajstić information content (AvgIpc) is 2.23. The summed E-state index contributed by atoms with van der Waals surface area (Å²) in [6.07, 6.45) is 0.377. The quantitative estimate of drug-likeness (QED) is 0.706. The lowest BCUT2D eigenvalue weighted by Gasteiger charge is -2.05. The Kier molecular flexibility index (Phi) is 4.78. The highest BCUT2D eigenvalue weighted by atomic mass is 35.5. The summed E-state index contributed by atoms with van der Waals surface area (Å²) >= 11 is 5.66. The van der Waals surface area contributed by atoms with Gasteiger partial charge in [-0.3, -0.25) is 9.59 Å². The van der Waals surface area contributed by atoms with Crippen molar-refractivity contribution in [3.8, 4) is 5.75 Å². The molecule has 6 heteroatoms. The van der Waals surface area contributed by atoms with Gasteiger partial charge in [0, 0.05) is 18.5 Å². The summed E-state index contributed by atoms with van der Waals surface area (Å²) in [5.74, 6) is -1.27. The Morgan fingerprint density at radius 2 is 2.00 bits per heavy atom. The maximum atomic E-state index is 11.4. The molecule has 1 amide bonds. The van der Waals surface area contributed by atoms with E-state index in [1.807, 2.05) is 0 Å². The summed E-state index contributed by atoms with van der Waals surface area (Å²) in [5, 5.41) is 20.3. The Bertz CT molecular complexity index is 433. The third-order valence-corrected chi connectivity index (χ3v) is 2.33. The molecule has 0 saturated heterocycles.